The number of ether oxygens (including phenoxy) is 4. The zero-order valence-electron chi connectivity index (χ0n) is 19.1. The minimum Gasteiger partial charge on any atom is -0.486 e. The Kier molecular flexibility index (Phi) is 6.55. The molecule has 1 amide bonds. The second kappa shape index (κ2) is 9.94. The number of carbonyl (C=O) groups is 1. The Morgan fingerprint density at radius 1 is 0.917 bits per heavy atom. The van der Waals surface area contributed by atoms with E-state index < -0.39 is 34.4 Å². The molecule has 3 aromatic rings. The van der Waals surface area contributed by atoms with Crippen molar-refractivity contribution in [3.05, 3.63) is 72.5 Å². The third-order valence-electron chi connectivity index (χ3n) is 5.60. The number of anilines is 1. The topological polar surface area (TPSA) is 103 Å². The molecule has 0 bridgehead atoms. The van der Waals surface area contributed by atoms with Crippen molar-refractivity contribution >= 4 is 21.6 Å². The first kappa shape index (κ1) is 23.7. The third kappa shape index (κ3) is 5.01. The Balaban J connectivity index is 1.33. The number of carbonyl (C=O) groups excluding carboxylic acids is 1. The SMILES string of the molecule is O=C(CN(c1ccc(F)cc1)S(=O)(=O)c1ccc2c(c1)OCCO2)NC[C@H]1COc2ccccc2O1. The van der Waals surface area contributed by atoms with Crippen LogP contribution in [0.5, 0.6) is 23.0 Å². The molecule has 0 aliphatic carbocycles. The summed E-state index contributed by atoms with van der Waals surface area (Å²) in [6.45, 7) is 0.454. The van der Waals surface area contributed by atoms with Crippen LogP contribution in [-0.4, -0.2) is 53.3 Å². The number of hydrogen-bond donors (Lipinski definition) is 1. The van der Waals surface area contributed by atoms with Gasteiger partial charge in [-0.3, -0.25) is 9.10 Å². The Hall–Kier alpha value is -3.99. The molecule has 0 radical (unpaired) electrons. The average Bonchev–Trinajstić information content (AvgIpc) is 2.90. The number of rotatable bonds is 7. The number of halogens is 1. The van der Waals surface area contributed by atoms with Crippen LogP contribution in [-0.2, 0) is 14.8 Å². The van der Waals surface area contributed by atoms with Gasteiger partial charge in [0, 0.05) is 6.07 Å². The number of para-hydroxylation sites is 2. The van der Waals surface area contributed by atoms with Crippen molar-refractivity contribution in [1.29, 1.82) is 0 Å². The summed E-state index contributed by atoms with van der Waals surface area (Å²) in [7, 11) is -4.22. The largest absolute Gasteiger partial charge is 0.486 e. The standard InChI is InChI=1S/C25H23FN2O7S/c26-17-5-7-18(8-6-17)28(36(30,31)20-9-10-22-24(13-20)33-12-11-32-22)15-25(29)27-14-19-16-34-21-3-1-2-4-23(21)35-19/h1-10,13,19H,11-12,14-16H2,(H,27,29)/t19-/m0/s1. The highest BCUT2D eigenvalue weighted by atomic mass is 32.2. The molecule has 2 aliphatic heterocycles. The van der Waals surface area contributed by atoms with Crippen LogP contribution in [0.25, 0.3) is 0 Å². The quantitative estimate of drug-likeness (QED) is 0.517. The summed E-state index contributed by atoms with van der Waals surface area (Å²) >= 11 is 0. The van der Waals surface area contributed by atoms with Gasteiger partial charge in [0.25, 0.3) is 10.0 Å². The lowest BCUT2D eigenvalue weighted by molar-refractivity contribution is -0.120. The first-order chi connectivity index (χ1) is 17.4. The van der Waals surface area contributed by atoms with E-state index in [-0.39, 0.29) is 30.3 Å². The molecular formula is C25H23FN2O7S. The monoisotopic (exact) mass is 514 g/mol. The number of nitrogens with one attached hydrogen (secondary N) is 1. The van der Waals surface area contributed by atoms with Gasteiger partial charge >= 0.3 is 0 Å². The lowest BCUT2D eigenvalue weighted by Crippen LogP contribution is -2.45. The lowest BCUT2D eigenvalue weighted by Gasteiger charge is -2.28. The van der Waals surface area contributed by atoms with Crippen LogP contribution < -0.4 is 28.6 Å². The third-order valence-corrected chi connectivity index (χ3v) is 7.37. The van der Waals surface area contributed by atoms with Gasteiger partial charge in [0.15, 0.2) is 23.0 Å². The van der Waals surface area contributed by atoms with E-state index in [0.717, 1.165) is 16.4 Å². The zero-order valence-corrected chi connectivity index (χ0v) is 19.9. The molecule has 0 saturated carbocycles. The van der Waals surface area contributed by atoms with E-state index in [2.05, 4.69) is 5.32 Å². The van der Waals surface area contributed by atoms with Gasteiger partial charge < -0.3 is 24.3 Å². The van der Waals surface area contributed by atoms with Gasteiger partial charge in [-0.15, -0.1) is 0 Å². The molecule has 5 rings (SSSR count). The summed E-state index contributed by atoms with van der Waals surface area (Å²) in [5, 5.41) is 2.70. The Morgan fingerprint density at radius 2 is 1.61 bits per heavy atom. The Bertz CT molecular complexity index is 1370. The number of fused-ring (bicyclic) bond motifs is 2. The van der Waals surface area contributed by atoms with Crippen LogP contribution in [0.1, 0.15) is 0 Å². The van der Waals surface area contributed by atoms with Crippen LogP contribution in [0, 0.1) is 5.82 Å². The van der Waals surface area contributed by atoms with E-state index in [1.807, 2.05) is 12.1 Å². The maximum atomic E-state index is 13.6. The fraction of sp³-hybridized carbons (Fsp3) is 0.240. The van der Waals surface area contributed by atoms with Crippen molar-refractivity contribution in [2.75, 3.05) is 37.2 Å². The molecule has 36 heavy (non-hydrogen) atoms. The predicted molar refractivity (Wildman–Crippen MR) is 128 cm³/mol. The zero-order chi connectivity index (χ0) is 25.1. The summed E-state index contributed by atoms with van der Waals surface area (Å²) < 4.78 is 64.1. The van der Waals surface area contributed by atoms with Crippen molar-refractivity contribution in [2.24, 2.45) is 0 Å². The van der Waals surface area contributed by atoms with Gasteiger partial charge in [-0.2, -0.15) is 0 Å². The molecule has 2 heterocycles. The molecule has 0 fully saturated rings. The Morgan fingerprint density at radius 3 is 2.39 bits per heavy atom. The number of sulfonamides is 1. The van der Waals surface area contributed by atoms with Gasteiger partial charge in [-0.05, 0) is 48.5 Å². The highest BCUT2D eigenvalue weighted by Crippen LogP contribution is 2.34. The fourth-order valence-corrected chi connectivity index (χ4v) is 5.25. The molecule has 0 aromatic heterocycles. The van der Waals surface area contributed by atoms with E-state index in [0.29, 0.717) is 29.6 Å². The average molecular weight is 515 g/mol. The van der Waals surface area contributed by atoms with Crippen molar-refractivity contribution in [3.8, 4) is 23.0 Å². The van der Waals surface area contributed by atoms with Crippen LogP contribution in [0.15, 0.2) is 71.6 Å². The normalized spacial score (nSPS) is 16.2. The molecule has 11 heteroatoms. The summed E-state index contributed by atoms with van der Waals surface area (Å²) in [6, 6.07) is 16.3. The molecule has 9 nitrogen and oxygen atoms in total. The summed E-state index contributed by atoms with van der Waals surface area (Å²) in [4.78, 5) is 12.8. The second-order valence-corrected chi connectivity index (χ2v) is 9.96. The molecular weight excluding hydrogens is 491 g/mol. The van der Waals surface area contributed by atoms with E-state index in [1.54, 1.807) is 12.1 Å². The molecule has 1 N–H and O–H groups in total. The summed E-state index contributed by atoms with van der Waals surface area (Å²) in [6.07, 6.45) is -0.447. The van der Waals surface area contributed by atoms with E-state index in [4.69, 9.17) is 18.9 Å². The highest BCUT2D eigenvalue weighted by molar-refractivity contribution is 7.92. The summed E-state index contributed by atoms with van der Waals surface area (Å²) in [5.41, 5.74) is 0.132. The van der Waals surface area contributed by atoms with Gasteiger partial charge in [-0.25, -0.2) is 12.8 Å². The van der Waals surface area contributed by atoms with Crippen LogP contribution in [0.4, 0.5) is 10.1 Å². The van der Waals surface area contributed by atoms with E-state index in [1.165, 1.54) is 30.3 Å². The molecule has 0 saturated heterocycles. The minimum absolute atomic E-state index is 0.0931. The smallest absolute Gasteiger partial charge is 0.264 e. The first-order valence-corrected chi connectivity index (χ1v) is 12.7. The number of hydrogen-bond acceptors (Lipinski definition) is 7. The van der Waals surface area contributed by atoms with E-state index >= 15 is 0 Å². The minimum atomic E-state index is -4.22. The van der Waals surface area contributed by atoms with E-state index in [9.17, 15) is 17.6 Å². The first-order valence-electron chi connectivity index (χ1n) is 11.2. The maximum absolute atomic E-state index is 13.6. The van der Waals surface area contributed by atoms with Crippen molar-refractivity contribution in [1.82, 2.24) is 5.32 Å². The van der Waals surface area contributed by atoms with Crippen LogP contribution in [0.2, 0.25) is 0 Å². The van der Waals surface area contributed by atoms with Crippen LogP contribution >= 0.6 is 0 Å². The van der Waals surface area contributed by atoms with Crippen molar-refractivity contribution in [2.45, 2.75) is 11.0 Å². The number of nitrogens with zero attached hydrogens (tertiary/aromatic N) is 1. The van der Waals surface area contributed by atoms with Gasteiger partial charge in [0.2, 0.25) is 5.91 Å². The second-order valence-electron chi connectivity index (χ2n) is 8.10. The molecule has 0 unspecified atom stereocenters. The van der Waals surface area contributed by atoms with Crippen molar-refractivity contribution in [3.63, 3.8) is 0 Å². The number of amides is 1. The highest BCUT2D eigenvalue weighted by Gasteiger charge is 2.29. The lowest BCUT2D eigenvalue weighted by atomic mass is 10.2. The fourth-order valence-electron chi connectivity index (χ4n) is 3.81. The van der Waals surface area contributed by atoms with Gasteiger partial charge in [-0.1, -0.05) is 12.1 Å². The Labute approximate surface area is 207 Å². The molecule has 188 valence electrons. The summed E-state index contributed by atoms with van der Waals surface area (Å²) in [5.74, 6) is 0.811. The molecule has 1 atom stereocenters. The van der Waals surface area contributed by atoms with Crippen molar-refractivity contribution < 1.29 is 36.6 Å². The van der Waals surface area contributed by atoms with Gasteiger partial charge in [0.1, 0.15) is 38.3 Å². The predicted octanol–water partition coefficient (Wildman–Crippen LogP) is 2.75. The molecule has 2 aliphatic rings. The molecule has 3 aromatic carbocycles. The molecule has 0 spiro atoms. The maximum Gasteiger partial charge on any atom is 0.264 e. The number of benzene rings is 3. The van der Waals surface area contributed by atoms with Gasteiger partial charge in [0.05, 0.1) is 17.1 Å². The van der Waals surface area contributed by atoms with Crippen LogP contribution in [0.3, 0.4) is 0 Å².